The average Bonchev–Trinajstić information content (AvgIpc) is 2.67. The molecule has 10 nitrogen and oxygen atoms in total. The minimum absolute atomic E-state index is 0.0284. The quantitative estimate of drug-likeness (QED) is 0.472. The lowest BCUT2D eigenvalue weighted by Crippen LogP contribution is -2.43. The third-order valence-corrected chi connectivity index (χ3v) is 4.57. The van der Waals surface area contributed by atoms with E-state index in [-0.39, 0.29) is 36.1 Å². The Labute approximate surface area is 173 Å². The number of nitrogens with zero attached hydrogens (tertiary/aromatic N) is 3. The summed E-state index contributed by atoms with van der Waals surface area (Å²) in [7, 11) is 0. The van der Waals surface area contributed by atoms with Crippen LogP contribution in [0, 0.1) is 16.0 Å². The summed E-state index contributed by atoms with van der Waals surface area (Å²) in [6.07, 6.45) is 1.45. The zero-order valence-electron chi connectivity index (χ0n) is 17.4. The van der Waals surface area contributed by atoms with Crippen molar-refractivity contribution >= 4 is 23.1 Å². The molecule has 0 radical (unpaired) electrons. The summed E-state index contributed by atoms with van der Waals surface area (Å²) in [5, 5.41) is 10.8. The summed E-state index contributed by atoms with van der Waals surface area (Å²) in [6, 6.07) is 5.64. The molecule has 30 heavy (non-hydrogen) atoms. The highest BCUT2D eigenvalue weighted by atomic mass is 16.6. The van der Waals surface area contributed by atoms with Crippen LogP contribution in [0.2, 0.25) is 0 Å². The fourth-order valence-electron chi connectivity index (χ4n) is 3.06. The first-order valence-electron chi connectivity index (χ1n) is 9.82. The summed E-state index contributed by atoms with van der Waals surface area (Å²) < 4.78 is 1.27. The summed E-state index contributed by atoms with van der Waals surface area (Å²) >= 11 is 0. The Kier molecular flexibility index (Phi) is 7.51. The number of aromatic amines is 1. The van der Waals surface area contributed by atoms with Gasteiger partial charge in [0.25, 0.3) is 11.2 Å². The van der Waals surface area contributed by atoms with E-state index in [1.165, 1.54) is 33.7 Å². The Morgan fingerprint density at radius 2 is 1.90 bits per heavy atom. The highest BCUT2D eigenvalue weighted by molar-refractivity contribution is 5.96. The summed E-state index contributed by atoms with van der Waals surface area (Å²) in [5.41, 5.74) is 5.27. The van der Waals surface area contributed by atoms with Gasteiger partial charge in [-0.25, -0.2) is 4.79 Å². The number of carbonyl (C=O) groups is 1. The number of hydrogen-bond donors (Lipinski definition) is 2. The number of aromatic nitrogens is 2. The number of amides is 1. The average molecular weight is 417 g/mol. The molecule has 1 aromatic carbocycles. The van der Waals surface area contributed by atoms with Crippen molar-refractivity contribution in [1.29, 1.82) is 0 Å². The number of carbonyl (C=O) groups excluding carboxylic acids is 1. The number of H-pyrrole nitrogens is 1. The highest BCUT2D eigenvalue weighted by Crippen LogP contribution is 2.21. The van der Waals surface area contributed by atoms with Gasteiger partial charge in [0.05, 0.1) is 11.3 Å². The molecule has 0 bridgehead atoms. The molecule has 0 aliphatic rings. The molecule has 0 spiro atoms. The van der Waals surface area contributed by atoms with Gasteiger partial charge < -0.3 is 10.6 Å². The van der Waals surface area contributed by atoms with Gasteiger partial charge in [0.15, 0.2) is 5.69 Å². The highest BCUT2D eigenvalue weighted by Gasteiger charge is 2.25. The first kappa shape index (κ1) is 22.9. The Bertz CT molecular complexity index is 1020. The van der Waals surface area contributed by atoms with E-state index in [0.29, 0.717) is 18.5 Å². The van der Waals surface area contributed by atoms with Crippen LogP contribution >= 0.6 is 0 Å². The molecule has 0 atom stereocenters. The molecular formula is C20H27N5O5. The van der Waals surface area contributed by atoms with Gasteiger partial charge in [0.1, 0.15) is 5.82 Å². The number of unbranched alkanes of at least 4 members (excludes halogenated alkanes) is 1. The number of nitrogen functional groups attached to an aromatic ring is 1. The predicted molar refractivity (Wildman–Crippen MR) is 115 cm³/mol. The normalized spacial score (nSPS) is 10.9. The Morgan fingerprint density at radius 3 is 2.43 bits per heavy atom. The molecule has 162 valence electrons. The number of nitro benzene ring substituents is 1. The maximum atomic E-state index is 13.1. The van der Waals surface area contributed by atoms with Gasteiger partial charge in [-0.15, -0.1) is 0 Å². The number of nitro groups is 1. The Hall–Kier alpha value is -3.43. The molecule has 1 amide bonds. The van der Waals surface area contributed by atoms with Gasteiger partial charge in [-0.3, -0.25) is 29.3 Å². The van der Waals surface area contributed by atoms with E-state index in [1.54, 1.807) is 0 Å². The third-order valence-electron chi connectivity index (χ3n) is 4.57. The van der Waals surface area contributed by atoms with Crippen molar-refractivity contribution in [1.82, 2.24) is 9.55 Å². The summed E-state index contributed by atoms with van der Waals surface area (Å²) in [6.45, 7) is 6.31. The van der Waals surface area contributed by atoms with Crippen molar-refractivity contribution in [2.45, 2.75) is 46.6 Å². The fraction of sp³-hybridized carbons (Fsp3) is 0.450. The topological polar surface area (TPSA) is 144 Å². The standard InChI is InChI=1S/C20H27N5O5/c1-4-5-10-23-18(21)17(19(27)22-20(23)28)24(12-13(2)3)16(26)11-14-6-8-15(9-7-14)25(29)30/h6-9,13H,4-5,10-12,21H2,1-3H3,(H,22,27,28). The molecule has 0 fully saturated rings. The zero-order valence-corrected chi connectivity index (χ0v) is 17.4. The summed E-state index contributed by atoms with van der Waals surface area (Å²) in [5.74, 6) is -0.411. The molecule has 0 aliphatic carbocycles. The minimum atomic E-state index is -0.719. The van der Waals surface area contributed by atoms with Crippen LogP contribution in [0.1, 0.15) is 39.2 Å². The maximum Gasteiger partial charge on any atom is 0.330 e. The van der Waals surface area contributed by atoms with Gasteiger partial charge in [0.2, 0.25) is 5.91 Å². The van der Waals surface area contributed by atoms with E-state index in [4.69, 9.17) is 5.73 Å². The molecular weight excluding hydrogens is 390 g/mol. The van der Waals surface area contributed by atoms with E-state index < -0.39 is 22.1 Å². The minimum Gasteiger partial charge on any atom is -0.383 e. The van der Waals surface area contributed by atoms with Crippen LogP contribution in [0.4, 0.5) is 17.2 Å². The smallest absolute Gasteiger partial charge is 0.330 e. The number of hydrogen-bond acceptors (Lipinski definition) is 6. The SMILES string of the molecule is CCCCn1c(N)c(N(CC(C)C)C(=O)Cc2ccc([N+](=O)[O-])cc2)c(=O)[nH]c1=O. The molecule has 1 aromatic heterocycles. The first-order valence-corrected chi connectivity index (χ1v) is 9.82. The number of benzene rings is 1. The van der Waals surface area contributed by atoms with E-state index in [2.05, 4.69) is 4.98 Å². The van der Waals surface area contributed by atoms with Gasteiger partial charge >= 0.3 is 5.69 Å². The summed E-state index contributed by atoms with van der Waals surface area (Å²) in [4.78, 5) is 51.7. The van der Waals surface area contributed by atoms with Crippen LogP contribution in [-0.4, -0.2) is 26.9 Å². The predicted octanol–water partition coefficient (Wildman–Crippen LogP) is 2.06. The second-order valence-corrected chi connectivity index (χ2v) is 7.50. The van der Waals surface area contributed by atoms with Gasteiger partial charge in [0, 0.05) is 25.2 Å². The molecule has 0 saturated heterocycles. The molecule has 2 rings (SSSR count). The molecule has 10 heteroatoms. The first-order chi connectivity index (χ1) is 14.1. The van der Waals surface area contributed by atoms with Crippen LogP contribution in [0.5, 0.6) is 0 Å². The number of rotatable bonds is 9. The number of nitrogens with two attached hydrogens (primary N) is 1. The fourth-order valence-corrected chi connectivity index (χ4v) is 3.06. The van der Waals surface area contributed by atoms with Crippen molar-refractivity contribution in [3.8, 4) is 0 Å². The number of anilines is 2. The monoisotopic (exact) mass is 417 g/mol. The van der Waals surface area contributed by atoms with Gasteiger partial charge in [-0.05, 0) is 17.9 Å². The maximum absolute atomic E-state index is 13.1. The second kappa shape index (κ2) is 9.86. The van der Waals surface area contributed by atoms with Crippen molar-refractivity contribution < 1.29 is 9.72 Å². The van der Waals surface area contributed by atoms with Crippen LogP contribution in [-0.2, 0) is 17.8 Å². The van der Waals surface area contributed by atoms with E-state index >= 15 is 0 Å². The zero-order chi connectivity index (χ0) is 22.4. The van der Waals surface area contributed by atoms with Crippen LogP contribution < -0.4 is 21.9 Å². The number of nitrogens with one attached hydrogen (secondary N) is 1. The van der Waals surface area contributed by atoms with Gasteiger partial charge in [-0.1, -0.05) is 39.3 Å². The van der Waals surface area contributed by atoms with Gasteiger partial charge in [-0.2, -0.15) is 0 Å². The molecule has 0 unspecified atom stereocenters. The van der Waals surface area contributed by atoms with Crippen molar-refractivity contribution in [2.24, 2.45) is 5.92 Å². The van der Waals surface area contributed by atoms with Crippen molar-refractivity contribution in [3.05, 3.63) is 60.8 Å². The van der Waals surface area contributed by atoms with Crippen LogP contribution in [0.15, 0.2) is 33.9 Å². The Balaban J connectivity index is 2.44. The molecule has 3 N–H and O–H groups in total. The molecule has 0 aliphatic heterocycles. The number of non-ortho nitro benzene ring substituents is 1. The lowest BCUT2D eigenvalue weighted by molar-refractivity contribution is -0.384. The molecule has 0 saturated carbocycles. The van der Waals surface area contributed by atoms with E-state index in [0.717, 1.165) is 6.42 Å². The van der Waals surface area contributed by atoms with Crippen LogP contribution in [0.25, 0.3) is 0 Å². The van der Waals surface area contributed by atoms with E-state index in [1.807, 2.05) is 20.8 Å². The third kappa shape index (κ3) is 5.34. The second-order valence-electron chi connectivity index (χ2n) is 7.50. The molecule has 1 heterocycles. The molecule has 2 aromatic rings. The Morgan fingerprint density at radius 1 is 1.27 bits per heavy atom. The lowest BCUT2D eigenvalue weighted by Gasteiger charge is -2.26. The van der Waals surface area contributed by atoms with E-state index in [9.17, 15) is 24.5 Å². The van der Waals surface area contributed by atoms with Crippen LogP contribution in [0.3, 0.4) is 0 Å². The van der Waals surface area contributed by atoms with Crippen molar-refractivity contribution in [3.63, 3.8) is 0 Å². The van der Waals surface area contributed by atoms with Crippen molar-refractivity contribution in [2.75, 3.05) is 17.2 Å². The largest absolute Gasteiger partial charge is 0.383 e. The lowest BCUT2D eigenvalue weighted by atomic mass is 10.1.